The lowest BCUT2D eigenvalue weighted by atomic mass is 10.1. The fourth-order valence-corrected chi connectivity index (χ4v) is 2.51. The van der Waals surface area contributed by atoms with Gasteiger partial charge in [-0.2, -0.15) is 0 Å². The lowest BCUT2D eigenvalue weighted by Gasteiger charge is -2.10. The van der Waals surface area contributed by atoms with Crippen LogP contribution in [0, 0.1) is 3.57 Å². The largest absolute Gasteiger partial charge is 0.497 e. The highest BCUT2D eigenvalue weighted by Gasteiger charge is 2.04. The lowest BCUT2D eigenvalue weighted by Crippen LogP contribution is -2.10. The van der Waals surface area contributed by atoms with Crippen LogP contribution < -0.4 is 14.8 Å². The Morgan fingerprint density at radius 1 is 1.05 bits per heavy atom. The van der Waals surface area contributed by atoms with Gasteiger partial charge in [-0.3, -0.25) is 0 Å². The number of halogens is 1. The minimum Gasteiger partial charge on any atom is -0.497 e. The quantitative estimate of drug-likeness (QED) is 0.769. The van der Waals surface area contributed by atoms with E-state index in [4.69, 9.17) is 9.47 Å². The first-order valence-electron chi connectivity index (χ1n) is 6.48. The maximum Gasteiger partial charge on any atom is 0.140 e. The van der Waals surface area contributed by atoms with Gasteiger partial charge in [-0.15, -0.1) is 0 Å². The molecule has 0 aliphatic carbocycles. The molecule has 0 fully saturated rings. The smallest absolute Gasteiger partial charge is 0.140 e. The molecule has 0 spiro atoms. The molecule has 1 N–H and O–H groups in total. The summed E-state index contributed by atoms with van der Waals surface area (Å²) >= 11 is 2.31. The molecular weight excluding hydrogens is 365 g/mol. The number of nitrogens with one attached hydrogen (secondary N) is 1. The van der Waals surface area contributed by atoms with E-state index in [0.717, 1.165) is 33.8 Å². The number of rotatable bonds is 6. The van der Waals surface area contributed by atoms with Gasteiger partial charge >= 0.3 is 0 Å². The van der Waals surface area contributed by atoms with Gasteiger partial charge in [0.25, 0.3) is 0 Å². The van der Waals surface area contributed by atoms with Crippen molar-refractivity contribution in [2.24, 2.45) is 0 Å². The standard InChI is InChI=1S/C16H18INO2/c1-18-10-9-12-3-8-16(15(17)11-12)20-14-6-4-13(19-2)5-7-14/h3-8,11,18H,9-10H2,1-2H3. The van der Waals surface area contributed by atoms with Crippen molar-refractivity contribution < 1.29 is 9.47 Å². The van der Waals surface area contributed by atoms with E-state index in [1.54, 1.807) is 7.11 Å². The molecule has 2 aromatic rings. The number of benzene rings is 2. The molecule has 0 atom stereocenters. The molecule has 106 valence electrons. The van der Waals surface area contributed by atoms with Crippen LogP contribution in [0.3, 0.4) is 0 Å². The van der Waals surface area contributed by atoms with Crippen LogP contribution in [0.5, 0.6) is 17.2 Å². The van der Waals surface area contributed by atoms with Gasteiger partial charge in [0.2, 0.25) is 0 Å². The molecule has 0 aliphatic rings. The zero-order valence-corrected chi connectivity index (χ0v) is 13.8. The molecule has 0 saturated heterocycles. The predicted octanol–water partition coefficient (Wildman–Crippen LogP) is 3.85. The van der Waals surface area contributed by atoms with E-state index < -0.39 is 0 Å². The Kier molecular flexibility index (Phi) is 5.67. The highest BCUT2D eigenvalue weighted by atomic mass is 127. The predicted molar refractivity (Wildman–Crippen MR) is 89.9 cm³/mol. The van der Waals surface area contributed by atoms with Crippen molar-refractivity contribution in [1.29, 1.82) is 0 Å². The van der Waals surface area contributed by atoms with E-state index in [1.807, 2.05) is 37.4 Å². The molecule has 4 heteroatoms. The Bertz CT molecular complexity index is 555. The second-order valence-electron chi connectivity index (χ2n) is 4.40. The minimum atomic E-state index is 0.812. The van der Waals surface area contributed by atoms with Crippen molar-refractivity contribution in [3.05, 3.63) is 51.6 Å². The zero-order chi connectivity index (χ0) is 14.4. The Balaban J connectivity index is 2.08. The van der Waals surface area contributed by atoms with E-state index in [0.29, 0.717) is 0 Å². The van der Waals surface area contributed by atoms with Crippen LogP contribution in [0.1, 0.15) is 5.56 Å². The first-order chi connectivity index (χ1) is 9.72. The first-order valence-corrected chi connectivity index (χ1v) is 7.55. The van der Waals surface area contributed by atoms with Crippen molar-refractivity contribution in [1.82, 2.24) is 5.32 Å². The normalized spacial score (nSPS) is 10.3. The van der Waals surface area contributed by atoms with Crippen LogP contribution in [0.2, 0.25) is 0 Å². The summed E-state index contributed by atoms with van der Waals surface area (Å²) in [6.45, 7) is 0.981. The van der Waals surface area contributed by atoms with Crippen molar-refractivity contribution in [2.75, 3.05) is 20.7 Å². The Morgan fingerprint density at radius 2 is 1.75 bits per heavy atom. The average Bonchev–Trinajstić information content (AvgIpc) is 2.48. The zero-order valence-electron chi connectivity index (χ0n) is 11.7. The molecule has 0 saturated carbocycles. The SMILES string of the molecule is CNCCc1ccc(Oc2ccc(OC)cc2)c(I)c1. The van der Waals surface area contributed by atoms with E-state index >= 15 is 0 Å². The van der Waals surface area contributed by atoms with Gasteiger partial charge in [0.15, 0.2) is 0 Å². The van der Waals surface area contributed by atoms with Crippen molar-refractivity contribution >= 4 is 22.6 Å². The molecule has 2 aromatic carbocycles. The summed E-state index contributed by atoms with van der Waals surface area (Å²) in [7, 11) is 3.62. The van der Waals surface area contributed by atoms with Gasteiger partial charge in [0, 0.05) is 0 Å². The summed E-state index contributed by atoms with van der Waals surface area (Å²) in [4.78, 5) is 0. The van der Waals surface area contributed by atoms with Crippen LogP contribution in [0.15, 0.2) is 42.5 Å². The molecule has 0 aliphatic heterocycles. The molecule has 20 heavy (non-hydrogen) atoms. The number of methoxy groups -OCH3 is 1. The fourth-order valence-electron chi connectivity index (χ4n) is 1.82. The van der Waals surface area contributed by atoms with Gasteiger partial charge in [-0.1, -0.05) is 6.07 Å². The van der Waals surface area contributed by atoms with E-state index in [2.05, 4.69) is 40.0 Å². The third-order valence-corrected chi connectivity index (χ3v) is 3.79. The highest BCUT2D eigenvalue weighted by Crippen LogP contribution is 2.28. The third-order valence-electron chi connectivity index (χ3n) is 2.95. The van der Waals surface area contributed by atoms with Crippen molar-refractivity contribution in [3.8, 4) is 17.2 Å². The highest BCUT2D eigenvalue weighted by molar-refractivity contribution is 14.1. The Hall–Kier alpha value is -1.27. The van der Waals surface area contributed by atoms with Crippen molar-refractivity contribution in [2.45, 2.75) is 6.42 Å². The van der Waals surface area contributed by atoms with Crippen LogP contribution in [0.25, 0.3) is 0 Å². The van der Waals surface area contributed by atoms with Gasteiger partial charge in [0.05, 0.1) is 10.7 Å². The summed E-state index contributed by atoms with van der Waals surface area (Å²) in [5, 5.41) is 3.16. The summed E-state index contributed by atoms with van der Waals surface area (Å²) in [6.07, 6.45) is 1.02. The molecule has 0 amide bonds. The molecule has 0 aromatic heterocycles. The summed E-state index contributed by atoms with van der Waals surface area (Å²) < 4.78 is 12.1. The van der Waals surface area contributed by atoms with Gasteiger partial charge in [0.1, 0.15) is 17.2 Å². The van der Waals surface area contributed by atoms with Gasteiger partial charge < -0.3 is 14.8 Å². The number of hydrogen-bond acceptors (Lipinski definition) is 3. The fraction of sp³-hybridized carbons (Fsp3) is 0.250. The number of ether oxygens (including phenoxy) is 2. The lowest BCUT2D eigenvalue weighted by molar-refractivity contribution is 0.412. The maximum atomic E-state index is 5.89. The van der Waals surface area contributed by atoms with Gasteiger partial charge in [-0.25, -0.2) is 0 Å². The molecule has 0 radical (unpaired) electrons. The number of likely N-dealkylation sites (N-methyl/N-ethyl adjacent to an activating group) is 1. The van der Waals surface area contributed by atoms with Crippen molar-refractivity contribution in [3.63, 3.8) is 0 Å². The third kappa shape index (κ3) is 4.11. The molecule has 3 nitrogen and oxygen atoms in total. The molecular formula is C16H18INO2. The monoisotopic (exact) mass is 383 g/mol. The Morgan fingerprint density at radius 3 is 2.35 bits per heavy atom. The summed E-state index contributed by atoms with van der Waals surface area (Å²) in [5.41, 5.74) is 1.31. The average molecular weight is 383 g/mol. The van der Waals surface area contributed by atoms with Crippen LogP contribution in [-0.2, 0) is 6.42 Å². The van der Waals surface area contributed by atoms with E-state index in [9.17, 15) is 0 Å². The minimum absolute atomic E-state index is 0.812. The second kappa shape index (κ2) is 7.50. The second-order valence-corrected chi connectivity index (χ2v) is 5.56. The first kappa shape index (κ1) is 15.1. The van der Waals surface area contributed by atoms with Crippen LogP contribution in [-0.4, -0.2) is 20.7 Å². The summed E-state index contributed by atoms with van der Waals surface area (Å²) in [5.74, 6) is 2.52. The van der Waals surface area contributed by atoms with Gasteiger partial charge in [-0.05, 0) is 84.6 Å². The molecule has 0 bridgehead atoms. The Labute approximate surface area is 133 Å². The molecule has 2 rings (SSSR count). The van der Waals surface area contributed by atoms with Crippen LogP contribution in [0.4, 0.5) is 0 Å². The van der Waals surface area contributed by atoms with E-state index in [1.165, 1.54) is 5.56 Å². The maximum absolute atomic E-state index is 5.89. The number of hydrogen-bond donors (Lipinski definition) is 1. The summed E-state index contributed by atoms with van der Waals surface area (Å²) in [6, 6.07) is 13.9. The molecule has 0 unspecified atom stereocenters. The van der Waals surface area contributed by atoms with E-state index in [-0.39, 0.29) is 0 Å². The molecule has 0 heterocycles. The van der Waals surface area contributed by atoms with Crippen LogP contribution >= 0.6 is 22.6 Å². The topological polar surface area (TPSA) is 30.5 Å².